The van der Waals surface area contributed by atoms with Gasteiger partial charge in [0.1, 0.15) is 11.4 Å². The molecule has 1 N–H and O–H groups in total. The molecule has 0 radical (unpaired) electrons. The molecule has 0 saturated carbocycles. The minimum atomic E-state index is -0.471. The van der Waals surface area contributed by atoms with Crippen molar-refractivity contribution in [3.8, 4) is 18.1 Å². The van der Waals surface area contributed by atoms with Crippen molar-refractivity contribution >= 4 is 11.4 Å². The standard InChI is InChI=1S/C11H12N2O3/c1-3-7-12-10-6-5-9(16-4-2)8-11(10)13(14)15/h1,5-6,8,12H,4,7H2,2H3. The lowest BCUT2D eigenvalue weighted by Crippen LogP contribution is -2.03. The summed E-state index contributed by atoms with van der Waals surface area (Å²) < 4.78 is 5.18. The Bertz CT molecular complexity index is 424. The molecule has 0 atom stereocenters. The number of nitrogens with one attached hydrogen (secondary N) is 1. The number of nitrogens with zero attached hydrogens (tertiary/aromatic N) is 1. The van der Waals surface area contributed by atoms with Crippen LogP contribution in [0.25, 0.3) is 0 Å². The molecule has 0 fully saturated rings. The number of nitro groups is 1. The second-order valence-corrected chi connectivity index (χ2v) is 2.93. The molecule has 0 heterocycles. The number of hydrogen-bond acceptors (Lipinski definition) is 4. The zero-order valence-corrected chi connectivity index (χ0v) is 8.90. The number of rotatable bonds is 5. The van der Waals surface area contributed by atoms with Crippen molar-refractivity contribution in [2.24, 2.45) is 0 Å². The van der Waals surface area contributed by atoms with E-state index in [1.807, 2.05) is 6.92 Å². The number of anilines is 1. The van der Waals surface area contributed by atoms with Gasteiger partial charge in [0.15, 0.2) is 0 Å². The summed E-state index contributed by atoms with van der Waals surface area (Å²) in [5.41, 5.74) is 0.354. The van der Waals surface area contributed by atoms with Crippen molar-refractivity contribution in [3.63, 3.8) is 0 Å². The lowest BCUT2D eigenvalue weighted by atomic mass is 10.2. The highest BCUT2D eigenvalue weighted by Crippen LogP contribution is 2.28. The van der Waals surface area contributed by atoms with Crippen LogP contribution >= 0.6 is 0 Å². The first-order chi connectivity index (χ1) is 7.69. The molecule has 5 nitrogen and oxygen atoms in total. The Kier molecular flexibility index (Phi) is 4.16. The van der Waals surface area contributed by atoms with Crippen LogP contribution in [-0.4, -0.2) is 18.1 Å². The summed E-state index contributed by atoms with van der Waals surface area (Å²) >= 11 is 0. The molecule has 84 valence electrons. The van der Waals surface area contributed by atoms with Gasteiger partial charge in [-0.1, -0.05) is 5.92 Å². The Morgan fingerprint density at radius 1 is 1.62 bits per heavy atom. The lowest BCUT2D eigenvalue weighted by molar-refractivity contribution is -0.384. The number of nitro benzene ring substituents is 1. The summed E-state index contributed by atoms with van der Waals surface area (Å²) in [5.74, 6) is 2.83. The summed E-state index contributed by atoms with van der Waals surface area (Å²) in [6, 6.07) is 4.62. The van der Waals surface area contributed by atoms with Gasteiger partial charge in [0.2, 0.25) is 0 Å². The highest BCUT2D eigenvalue weighted by molar-refractivity contribution is 5.64. The lowest BCUT2D eigenvalue weighted by Gasteiger charge is -2.06. The van der Waals surface area contributed by atoms with Crippen LogP contribution in [0.15, 0.2) is 18.2 Å². The molecular weight excluding hydrogens is 208 g/mol. The largest absolute Gasteiger partial charge is 0.494 e. The Morgan fingerprint density at radius 3 is 2.94 bits per heavy atom. The van der Waals surface area contributed by atoms with Gasteiger partial charge >= 0.3 is 0 Å². The maximum Gasteiger partial charge on any atom is 0.296 e. The Labute approximate surface area is 93.6 Å². The minimum Gasteiger partial charge on any atom is -0.494 e. The SMILES string of the molecule is C#CCNc1ccc(OCC)cc1[N+](=O)[O-]. The van der Waals surface area contributed by atoms with Gasteiger partial charge in [0, 0.05) is 0 Å². The molecule has 1 aromatic carbocycles. The van der Waals surface area contributed by atoms with Crippen LogP contribution < -0.4 is 10.1 Å². The van der Waals surface area contributed by atoms with E-state index in [0.717, 1.165) is 0 Å². The van der Waals surface area contributed by atoms with Gasteiger partial charge in [-0.2, -0.15) is 0 Å². The first-order valence-corrected chi connectivity index (χ1v) is 4.77. The average Bonchev–Trinajstić information content (AvgIpc) is 2.27. The van der Waals surface area contributed by atoms with Crippen molar-refractivity contribution in [3.05, 3.63) is 28.3 Å². The molecule has 0 aliphatic heterocycles. The predicted molar refractivity (Wildman–Crippen MR) is 61.6 cm³/mol. The van der Waals surface area contributed by atoms with Crippen LogP contribution in [0.3, 0.4) is 0 Å². The smallest absolute Gasteiger partial charge is 0.296 e. The quantitative estimate of drug-likeness (QED) is 0.468. The van der Waals surface area contributed by atoms with Gasteiger partial charge in [-0.25, -0.2) is 0 Å². The summed E-state index contributed by atoms with van der Waals surface area (Å²) in [7, 11) is 0. The van der Waals surface area contributed by atoms with Crippen LogP contribution in [0.2, 0.25) is 0 Å². The summed E-state index contributed by atoms with van der Waals surface area (Å²) in [5, 5.41) is 13.6. The maximum absolute atomic E-state index is 10.8. The summed E-state index contributed by atoms with van der Waals surface area (Å²) in [6.45, 7) is 2.53. The average molecular weight is 220 g/mol. The van der Waals surface area contributed by atoms with E-state index in [0.29, 0.717) is 18.0 Å². The highest BCUT2D eigenvalue weighted by Gasteiger charge is 2.14. The molecule has 1 aromatic rings. The first kappa shape index (κ1) is 11.9. The van der Waals surface area contributed by atoms with E-state index in [1.54, 1.807) is 12.1 Å². The third-order valence-corrected chi connectivity index (χ3v) is 1.86. The first-order valence-electron chi connectivity index (χ1n) is 4.77. The molecule has 0 amide bonds. The zero-order chi connectivity index (χ0) is 12.0. The zero-order valence-electron chi connectivity index (χ0n) is 8.90. The van der Waals surface area contributed by atoms with Crippen molar-refractivity contribution in [2.45, 2.75) is 6.92 Å². The summed E-state index contributed by atoms with van der Waals surface area (Å²) in [4.78, 5) is 10.3. The van der Waals surface area contributed by atoms with Crippen LogP contribution in [-0.2, 0) is 0 Å². The predicted octanol–water partition coefficient (Wildman–Crippen LogP) is 2.04. The third-order valence-electron chi connectivity index (χ3n) is 1.86. The van der Waals surface area contributed by atoms with E-state index < -0.39 is 4.92 Å². The molecule has 0 aliphatic rings. The van der Waals surface area contributed by atoms with E-state index in [9.17, 15) is 10.1 Å². The van der Waals surface area contributed by atoms with Crippen molar-refractivity contribution in [1.82, 2.24) is 0 Å². The second-order valence-electron chi connectivity index (χ2n) is 2.93. The van der Waals surface area contributed by atoms with E-state index in [1.165, 1.54) is 6.07 Å². The molecule has 0 aliphatic carbocycles. The number of ether oxygens (including phenoxy) is 1. The maximum atomic E-state index is 10.8. The topological polar surface area (TPSA) is 64.4 Å². The highest BCUT2D eigenvalue weighted by atomic mass is 16.6. The van der Waals surface area contributed by atoms with Gasteiger partial charge in [-0.05, 0) is 19.1 Å². The Morgan fingerprint density at radius 2 is 2.38 bits per heavy atom. The number of terminal acetylenes is 1. The fraction of sp³-hybridized carbons (Fsp3) is 0.273. The van der Waals surface area contributed by atoms with Gasteiger partial charge in [-0.3, -0.25) is 10.1 Å². The normalized spacial score (nSPS) is 9.25. The van der Waals surface area contributed by atoms with Crippen LogP contribution in [0, 0.1) is 22.5 Å². The Balaban J connectivity index is 3.00. The molecule has 0 spiro atoms. The molecule has 5 heteroatoms. The van der Waals surface area contributed by atoms with Gasteiger partial charge < -0.3 is 10.1 Å². The molecule has 1 rings (SSSR count). The van der Waals surface area contributed by atoms with Crippen molar-refractivity contribution in [1.29, 1.82) is 0 Å². The third kappa shape index (κ3) is 2.89. The van der Waals surface area contributed by atoms with E-state index in [2.05, 4.69) is 11.2 Å². The fourth-order valence-electron chi connectivity index (χ4n) is 1.21. The molecule has 0 aromatic heterocycles. The number of benzene rings is 1. The number of hydrogen-bond donors (Lipinski definition) is 1. The van der Waals surface area contributed by atoms with Gasteiger partial charge in [-0.15, -0.1) is 6.42 Å². The van der Waals surface area contributed by atoms with E-state index >= 15 is 0 Å². The Hall–Kier alpha value is -2.22. The van der Waals surface area contributed by atoms with Crippen LogP contribution in [0.5, 0.6) is 5.75 Å². The van der Waals surface area contributed by atoms with Crippen molar-refractivity contribution in [2.75, 3.05) is 18.5 Å². The molecule has 0 bridgehead atoms. The molecule has 0 unspecified atom stereocenters. The molecule has 16 heavy (non-hydrogen) atoms. The fourth-order valence-corrected chi connectivity index (χ4v) is 1.21. The van der Waals surface area contributed by atoms with Crippen molar-refractivity contribution < 1.29 is 9.66 Å². The van der Waals surface area contributed by atoms with E-state index in [4.69, 9.17) is 11.2 Å². The van der Waals surface area contributed by atoms with Gasteiger partial charge in [0.05, 0.1) is 24.1 Å². The van der Waals surface area contributed by atoms with E-state index in [-0.39, 0.29) is 12.2 Å². The molecular formula is C11H12N2O3. The molecule has 0 saturated heterocycles. The summed E-state index contributed by atoms with van der Waals surface area (Å²) in [6.07, 6.45) is 5.07. The van der Waals surface area contributed by atoms with Crippen LogP contribution in [0.1, 0.15) is 6.92 Å². The second kappa shape index (κ2) is 5.61. The van der Waals surface area contributed by atoms with Crippen LogP contribution in [0.4, 0.5) is 11.4 Å². The monoisotopic (exact) mass is 220 g/mol. The van der Waals surface area contributed by atoms with Gasteiger partial charge in [0.25, 0.3) is 5.69 Å². The minimum absolute atomic E-state index is 0.0406.